The lowest BCUT2D eigenvalue weighted by Gasteiger charge is -2.07. The van der Waals surface area contributed by atoms with Gasteiger partial charge in [-0.2, -0.15) is 0 Å². The molecule has 4 nitrogen and oxygen atoms in total. The number of Topliss-reactive ketones (excluding diaryl/α,β-unsaturated/α-hetero) is 1. The molecule has 0 aliphatic rings. The highest BCUT2D eigenvalue weighted by molar-refractivity contribution is 6.08. The van der Waals surface area contributed by atoms with Crippen molar-refractivity contribution >= 4 is 11.9 Å². The van der Waals surface area contributed by atoms with Crippen LogP contribution in [0.25, 0.3) is 0 Å². The molecular formula is C15H18O4. The number of ketones is 1. The van der Waals surface area contributed by atoms with Gasteiger partial charge in [0.25, 0.3) is 0 Å². The second-order valence-electron chi connectivity index (χ2n) is 3.96. The SMILES string of the molecule is CCCC/C=C(/OC(=O)OC)C(=O)c1ccccc1. The van der Waals surface area contributed by atoms with Gasteiger partial charge in [-0.1, -0.05) is 43.7 Å². The highest BCUT2D eigenvalue weighted by Crippen LogP contribution is 2.12. The predicted octanol–water partition coefficient (Wildman–Crippen LogP) is 3.73. The maximum atomic E-state index is 12.2. The van der Waals surface area contributed by atoms with Crippen LogP contribution < -0.4 is 0 Å². The zero-order valence-electron chi connectivity index (χ0n) is 11.2. The molecule has 0 N–H and O–H groups in total. The van der Waals surface area contributed by atoms with Crippen LogP contribution in [0, 0.1) is 0 Å². The predicted molar refractivity (Wildman–Crippen MR) is 71.9 cm³/mol. The Hall–Kier alpha value is -2.10. The highest BCUT2D eigenvalue weighted by atomic mass is 16.7. The first-order valence-electron chi connectivity index (χ1n) is 6.24. The Morgan fingerprint density at radius 2 is 1.89 bits per heavy atom. The standard InChI is InChI=1S/C15H18O4/c1-3-4-6-11-13(19-15(17)18-2)14(16)12-9-7-5-8-10-12/h5,7-11H,3-4,6H2,1-2H3/b13-11+. The summed E-state index contributed by atoms with van der Waals surface area (Å²) >= 11 is 0. The second-order valence-corrected chi connectivity index (χ2v) is 3.96. The molecule has 0 heterocycles. The molecule has 19 heavy (non-hydrogen) atoms. The first kappa shape index (κ1) is 15.0. The van der Waals surface area contributed by atoms with Crippen LogP contribution in [0.4, 0.5) is 4.79 Å². The van der Waals surface area contributed by atoms with E-state index in [4.69, 9.17) is 4.74 Å². The molecule has 102 valence electrons. The van der Waals surface area contributed by atoms with Gasteiger partial charge in [-0.3, -0.25) is 4.79 Å². The molecule has 0 aromatic heterocycles. The van der Waals surface area contributed by atoms with Gasteiger partial charge < -0.3 is 9.47 Å². The molecule has 0 radical (unpaired) electrons. The summed E-state index contributed by atoms with van der Waals surface area (Å²) in [6.45, 7) is 2.05. The molecule has 0 fully saturated rings. The van der Waals surface area contributed by atoms with Crippen LogP contribution in [0.2, 0.25) is 0 Å². The third-order valence-corrected chi connectivity index (χ3v) is 2.51. The Balaban J connectivity index is 2.86. The van der Waals surface area contributed by atoms with Crippen molar-refractivity contribution in [3.63, 3.8) is 0 Å². The number of methoxy groups -OCH3 is 1. The normalized spacial score (nSPS) is 10.9. The molecule has 0 spiro atoms. The maximum Gasteiger partial charge on any atom is 0.513 e. The quantitative estimate of drug-likeness (QED) is 0.258. The van der Waals surface area contributed by atoms with Gasteiger partial charge in [0, 0.05) is 5.56 Å². The largest absolute Gasteiger partial charge is 0.513 e. The van der Waals surface area contributed by atoms with Crippen molar-refractivity contribution in [3.05, 3.63) is 47.7 Å². The van der Waals surface area contributed by atoms with Gasteiger partial charge in [0.1, 0.15) is 0 Å². The average molecular weight is 262 g/mol. The van der Waals surface area contributed by atoms with E-state index in [0.29, 0.717) is 12.0 Å². The number of rotatable bonds is 6. The molecule has 1 rings (SSSR count). The van der Waals surface area contributed by atoms with E-state index in [2.05, 4.69) is 4.74 Å². The molecule has 0 unspecified atom stereocenters. The summed E-state index contributed by atoms with van der Waals surface area (Å²) in [5, 5.41) is 0. The van der Waals surface area contributed by atoms with Crippen LogP contribution in [0.1, 0.15) is 36.5 Å². The molecule has 0 saturated heterocycles. The van der Waals surface area contributed by atoms with Crippen molar-refractivity contribution < 1.29 is 19.1 Å². The van der Waals surface area contributed by atoms with E-state index >= 15 is 0 Å². The van der Waals surface area contributed by atoms with E-state index < -0.39 is 6.16 Å². The Kier molecular flexibility index (Phi) is 6.36. The minimum absolute atomic E-state index is 0.0199. The molecule has 0 atom stereocenters. The molecule has 0 saturated carbocycles. The van der Waals surface area contributed by atoms with Crippen LogP contribution in [0.5, 0.6) is 0 Å². The minimum Gasteiger partial charge on any atom is -0.437 e. The van der Waals surface area contributed by atoms with Crippen LogP contribution in [0.3, 0.4) is 0 Å². The van der Waals surface area contributed by atoms with Crippen LogP contribution in [0.15, 0.2) is 42.2 Å². The summed E-state index contributed by atoms with van der Waals surface area (Å²) in [7, 11) is 1.21. The monoisotopic (exact) mass is 262 g/mol. The topological polar surface area (TPSA) is 52.6 Å². The summed E-state index contributed by atoms with van der Waals surface area (Å²) < 4.78 is 9.33. The number of carbonyl (C=O) groups excluding carboxylic acids is 2. The van der Waals surface area contributed by atoms with Crippen molar-refractivity contribution in [2.75, 3.05) is 7.11 Å². The van der Waals surface area contributed by atoms with Gasteiger partial charge in [-0.05, 0) is 18.9 Å². The minimum atomic E-state index is -0.882. The molecule has 0 aliphatic heterocycles. The zero-order chi connectivity index (χ0) is 14.1. The van der Waals surface area contributed by atoms with Gasteiger partial charge in [-0.25, -0.2) is 4.79 Å². The Morgan fingerprint density at radius 3 is 2.47 bits per heavy atom. The summed E-state index contributed by atoms with van der Waals surface area (Å²) in [6, 6.07) is 8.69. The van der Waals surface area contributed by atoms with E-state index in [0.717, 1.165) is 12.8 Å². The van der Waals surface area contributed by atoms with Crippen LogP contribution >= 0.6 is 0 Å². The van der Waals surface area contributed by atoms with Gasteiger partial charge in [-0.15, -0.1) is 0 Å². The fourth-order valence-corrected chi connectivity index (χ4v) is 1.48. The number of allylic oxidation sites excluding steroid dienone is 2. The van der Waals surface area contributed by atoms with Crippen molar-refractivity contribution in [1.82, 2.24) is 0 Å². The van der Waals surface area contributed by atoms with E-state index in [-0.39, 0.29) is 11.5 Å². The molecule has 0 amide bonds. The van der Waals surface area contributed by atoms with Gasteiger partial charge in [0.2, 0.25) is 5.78 Å². The Labute approximate surface area is 113 Å². The van der Waals surface area contributed by atoms with E-state index in [1.165, 1.54) is 7.11 Å². The van der Waals surface area contributed by atoms with Gasteiger partial charge in [0.05, 0.1) is 7.11 Å². The van der Waals surface area contributed by atoms with Gasteiger partial charge in [0.15, 0.2) is 5.76 Å². The summed E-state index contributed by atoms with van der Waals surface area (Å²) in [5.41, 5.74) is 0.481. The first-order valence-corrected chi connectivity index (χ1v) is 6.24. The summed E-state index contributed by atoms with van der Waals surface area (Å²) in [5.74, 6) is -0.298. The fourth-order valence-electron chi connectivity index (χ4n) is 1.48. The number of hydrogen-bond donors (Lipinski definition) is 0. The number of unbranched alkanes of at least 4 members (excludes halogenated alkanes) is 2. The fraction of sp³-hybridized carbons (Fsp3) is 0.333. The number of ether oxygens (including phenoxy) is 2. The molecule has 4 heteroatoms. The van der Waals surface area contributed by atoms with Crippen molar-refractivity contribution in [1.29, 1.82) is 0 Å². The number of benzene rings is 1. The first-order chi connectivity index (χ1) is 9.19. The molecule has 0 bridgehead atoms. The van der Waals surface area contributed by atoms with Gasteiger partial charge >= 0.3 is 6.16 Å². The lowest BCUT2D eigenvalue weighted by Crippen LogP contribution is -2.12. The number of hydrogen-bond acceptors (Lipinski definition) is 4. The second kappa shape index (κ2) is 8.08. The maximum absolute atomic E-state index is 12.2. The van der Waals surface area contributed by atoms with E-state index in [1.807, 2.05) is 13.0 Å². The van der Waals surface area contributed by atoms with Crippen LogP contribution in [-0.4, -0.2) is 19.0 Å². The van der Waals surface area contributed by atoms with Crippen molar-refractivity contribution in [3.8, 4) is 0 Å². The molecule has 1 aromatic rings. The average Bonchev–Trinajstić information content (AvgIpc) is 2.46. The van der Waals surface area contributed by atoms with Crippen molar-refractivity contribution in [2.24, 2.45) is 0 Å². The summed E-state index contributed by atoms with van der Waals surface area (Å²) in [4.78, 5) is 23.3. The van der Waals surface area contributed by atoms with E-state index in [9.17, 15) is 9.59 Å². The Bertz CT molecular complexity index is 448. The Morgan fingerprint density at radius 1 is 1.21 bits per heavy atom. The molecule has 0 aliphatic carbocycles. The van der Waals surface area contributed by atoms with Crippen LogP contribution in [-0.2, 0) is 9.47 Å². The third kappa shape index (κ3) is 4.95. The summed E-state index contributed by atoms with van der Waals surface area (Å²) in [6.07, 6.45) is 3.36. The third-order valence-electron chi connectivity index (χ3n) is 2.51. The highest BCUT2D eigenvalue weighted by Gasteiger charge is 2.17. The molecule has 1 aromatic carbocycles. The number of carbonyl (C=O) groups is 2. The smallest absolute Gasteiger partial charge is 0.437 e. The van der Waals surface area contributed by atoms with Crippen molar-refractivity contribution in [2.45, 2.75) is 26.2 Å². The molecular weight excluding hydrogens is 244 g/mol. The lowest BCUT2D eigenvalue weighted by molar-refractivity contribution is 0.0791. The lowest BCUT2D eigenvalue weighted by atomic mass is 10.1. The van der Waals surface area contributed by atoms with E-state index in [1.54, 1.807) is 30.3 Å². The zero-order valence-corrected chi connectivity index (χ0v) is 11.2.